The first-order chi connectivity index (χ1) is 4.21. The third-order valence-electron chi connectivity index (χ3n) is 2.22. The summed E-state index contributed by atoms with van der Waals surface area (Å²) >= 11 is 0. The molecule has 0 atom stereocenters. The van der Waals surface area contributed by atoms with Gasteiger partial charge in [0.15, 0.2) is 0 Å². The Labute approximate surface area is 54.4 Å². The topological polar surface area (TPSA) is 69.1 Å². The first kappa shape index (κ1) is 6.55. The molecule has 1 aliphatic carbocycles. The lowest BCUT2D eigenvalue weighted by molar-refractivity contribution is -0.131. The molecule has 1 fully saturated rings. The van der Waals surface area contributed by atoms with Crippen LogP contribution in [-0.2, 0) is 4.79 Å². The van der Waals surface area contributed by atoms with E-state index in [4.69, 9.17) is 11.5 Å². The molecule has 0 bridgehead atoms. The van der Waals surface area contributed by atoms with Crippen LogP contribution in [0.3, 0.4) is 0 Å². The van der Waals surface area contributed by atoms with Crippen LogP contribution < -0.4 is 11.5 Å². The Morgan fingerprint density at radius 3 is 2.11 bits per heavy atom. The maximum absolute atomic E-state index is 10.7. The molecule has 1 rings (SSSR count). The van der Waals surface area contributed by atoms with Crippen LogP contribution in [0.15, 0.2) is 0 Å². The molecule has 4 N–H and O–H groups in total. The Hall–Kier alpha value is -0.570. The number of hydrogen-bond donors (Lipinski definition) is 2. The van der Waals surface area contributed by atoms with Crippen molar-refractivity contribution in [1.82, 2.24) is 0 Å². The monoisotopic (exact) mass is 128 g/mol. The summed E-state index contributed by atoms with van der Waals surface area (Å²) in [6, 6.07) is 0. The fourth-order valence-corrected chi connectivity index (χ4v) is 1.15. The fraction of sp³-hybridized carbons (Fsp3) is 0.833. The van der Waals surface area contributed by atoms with Gasteiger partial charge in [-0.2, -0.15) is 0 Å². The number of amides is 1. The van der Waals surface area contributed by atoms with E-state index in [0.29, 0.717) is 6.54 Å². The van der Waals surface area contributed by atoms with Gasteiger partial charge in [0.25, 0.3) is 0 Å². The van der Waals surface area contributed by atoms with Crippen molar-refractivity contribution >= 4 is 5.91 Å². The van der Waals surface area contributed by atoms with Crippen molar-refractivity contribution in [2.45, 2.75) is 19.3 Å². The van der Waals surface area contributed by atoms with Gasteiger partial charge >= 0.3 is 0 Å². The minimum Gasteiger partial charge on any atom is -0.369 e. The molecule has 3 nitrogen and oxygen atoms in total. The maximum Gasteiger partial charge on any atom is 0.224 e. The minimum atomic E-state index is -0.319. The van der Waals surface area contributed by atoms with Crippen molar-refractivity contribution in [3.8, 4) is 0 Å². The smallest absolute Gasteiger partial charge is 0.224 e. The van der Waals surface area contributed by atoms with Crippen LogP contribution in [0, 0.1) is 5.41 Å². The van der Waals surface area contributed by atoms with Gasteiger partial charge in [0.05, 0.1) is 5.41 Å². The molecule has 1 amide bonds. The Kier molecular flexibility index (Phi) is 1.45. The van der Waals surface area contributed by atoms with Crippen molar-refractivity contribution in [2.75, 3.05) is 6.54 Å². The second-order valence-corrected chi connectivity index (χ2v) is 2.70. The molecular weight excluding hydrogens is 116 g/mol. The van der Waals surface area contributed by atoms with Gasteiger partial charge in [-0.3, -0.25) is 4.79 Å². The molecule has 0 aromatic rings. The van der Waals surface area contributed by atoms with Crippen LogP contribution in [0.5, 0.6) is 0 Å². The molecule has 0 saturated heterocycles. The summed E-state index contributed by atoms with van der Waals surface area (Å²) in [5.41, 5.74) is 10.2. The van der Waals surface area contributed by atoms with Crippen LogP contribution in [0.1, 0.15) is 19.3 Å². The van der Waals surface area contributed by atoms with Crippen molar-refractivity contribution in [3.05, 3.63) is 0 Å². The van der Waals surface area contributed by atoms with Gasteiger partial charge in [0, 0.05) is 6.54 Å². The summed E-state index contributed by atoms with van der Waals surface area (Å²) in [5, 5.41) is 0. The number of primary amides is 1. The molecule has 52 valence electrons. The highest BCUT2D eigenvalue weighted by Gasteiger charge is 2.40. The van der Waals surface area contributed by atoms with E-state index >= 15 is 0 Å². The van der Waals surface area contributed by atoms with E-state index in [1.165, 1.54) is 0 Å². The highest BCUT2D eigenvalue weighted by molar-refractivity contribution is 5.81. The number of nitrogens with two attached hydrogens (primary N) is 2. The lowest BCUT2D eigenvalue weighted by Crippen LogP contribution is -2.48. The Morgan fingerprint density at radius 2 is 2.11 bits per heavy atom. The third kappa shape index (κ3) is 0.812. The molecule has 0 aromatic heterocycles. The zero-order valence-corrected chi connectivity index (χ0v) is 5.39. The number of hydrogen-bond acceptors (Lipinski definition) is 2. The summed E-state index contributed by atoms with van der Waals surface area (Å²) in [4.78, 5) is 10.7. The molecule has 0 unspecified atom stereocenters. The first-order valence-electron chi connectivity index (χ1n) is 3.21. The van der Waals surface area contributed by atoms with Gasteiger partial charge in [-0.05, 0) is 12.8 Å². The summed E-state index contributed by atoms with van der Waals surface area (Å²) < 4.78 is 0. The largest absolute Gasteiger partial charge is 0.369 e. The molecular formula is C6H12N2O. The van der Waals surface area contributed by atoms with E-state index in [1.807, 2.05) is 0 Å². The average Bonchev–Trinajstić information content (AvgIpc) is 1.62. The van der Waals surface area contributed by atoms with Crippen LogP contribution in [0.4, 0.5) is 0 Å². The Bertz CT molecular complexity index is 124. The van der Waals surface area contributed by atoms with Crippen LogP contribution in [0.25, 0.3) is 0 Å². The second kappa shape index (κ2) is 1.99. The number of carbonyl (C=O) groups is 1. The standard InChI is InChI=1S/C6H12N2O/c7-4-6(5(8)9)2-1-3-6/h1-4,7H2,(H2,8,9). The zero-order chi connectivity index (χ0) is 6.91. The van der Waals surface area contributed by atoms with Crippen LogP contribution in [0.2, 0.25) is 0 Å². The van der Waals surface area contributed by atoms with Gasteiger partial charge < -0.3 is 11.5 Å². The Balaban J connectivity index is 2.57. The number of carbonyl (C=O) groups excluding carboxylic acids is 1. The van der Waals surface area contributed by atoms with Gasteiger partial charge in [0.1, 0.15) is 0 Å². The molecule has 0 heterocycles. The second-order valence-electron chi connectivity index (χ2n) is 2.70. The number of rotatable bonds is 2. The highest BCUT2D eigenvalue weighted by Crippen LogP contribution is 2.39. The SMILES string of the molecule is NCC1(C(N)=O)CCC1. The minimum absolute atomic E-state index is 0.226. The lowest BCUT2D eigenvalue weighted by atomic mass is 9.68. The summed E-state index contributed by atoms with van der Waals surface area (Å²) in [6.45, 7) is 0.419. The molecule has 0 aliphatic heterocycles. The van der Waals surface area contributed by atoms with Crippen molar-refractivity contribution in [2.24, 2.45) is 16.9 Å². The quantitative estimate of drug-likeness (QED) is 0.531. The summed E-state index contributed by atoms with van der Waals surface area (Å²) in [6.07, 6.45) is 2.87. The molecule has 3 heteroatoms. The van der Waals surface area contributed by atoms with E-state index in [-0.39, 0.29) is 11.3 Å². The predicted octanol–water partition coefficient (Wildman–Crippen LogP) is -0.399. The van der Waals surface area contributed by atoms with E-state index in [2.05, 4.69) is 0 Å². The van der Waals surface area contributed by atoms with E-state index in [1.54, 1.807) is 0 Å². The highest BCUT2D eigenvalue weighted by atomic mass is 16.1. The van der Waals surface area contributed by atoms with Crippen molar-refractivity contribution in [1.29, 1.82) is 0 Å². The fourth-order valence-electron chi connectivity index (χ4n) is 1.15. The predicted molar refractivity (Wildman–Crippen MR) is 34.5 cm³/mol. The van der Waals surface area contributed by atoms with Gasteiger partial charge in [0.2, 0.25) is 5.91 Å². The summed E-state index contributed by atoms with van der Waals surface area (Å²) in [7, 11) is 0. The van der Waals surface area contributed by atoms with E-state index in [9.17, 15) is 4.79 Å². The molecule has 9 heavy (non-hydrogen) atoms. The van der Waals surface area contributed by atoms with E-state index in [0.717, 1.165) is 19.3 Å². The molecule has 0 aromatic carbocycles. The van der Waals surface area contributed by atoms with Crippen LogP contribution >= 0.6 is 0 Å². The van der Waals surface area contributed by atoms with Crippen LogP contribution in [-0.4, -0.2) is 12.5 Å². The van der Waals surface area contributed by atoms with Crippen molar-refractivity contribution in [3.63, 3.8) is 0 Å². The third-order valence-corrected chi connectivity index (χ3v) is 2.22. The van der Waals surface area contributed by atoms with Gasteiger partial charge in [-0.1, -0.05) is 6.42 Å². The van der Waals surface area contributed by atoms with E-state index < -0.39 is 0 Å². The summed E-state index contributed by atoms with van der Waals surface area (Å²) in [5.74, 6) is -0.226. The average molecular weight is 128 g/mol. The molecule has 1 saturated carbocycles. The lowest BCUT2D eigenvalue weighted by Gasteiger charge is -2.37. The molecule has 0 radical (unpaired) electrons. The Morgan fingerprint density at radius 1 is 1.56 bits per heavy atom. The normalized spacial score (nSPS) is 22.8. The zero-order valence-electron chi connectivity index (χ0n) is 5.39. The van der Waals surface area contributed by atoms with Gasteiger partial charge in [-0.15, -0.1) is 0 Å². The van der Waals surface area contributed by atoms with Crippen molar-refractivity contribution < 1.29 is 4.79 Å². The molecule has 0 spiro atoms. The maximum atomic E-state index is 10.7. The first-order valence-corrected chi connectivity index (χ1v) is 3.21. The molecule has 1 aliphatic rings. The van der Waals surface area contributed by atoms with Gasteiger partial charge in [-0.25, -0.2) is 0 Å².